The van der Waals surface area contributed by atoms with E-state index in [4.69, 9.17) is 9.47 Å². The van der Waals surface area contributed by atoms with E-state index in [2.05, 4.69) is 22.2 Å². The van der Waals surface area contributed by atoms with Gasteiger partial charge in [0, 0.05) is 7.05 Å². The van der Waals surface area contributed by atoms with Crippen LogP contribution in [0.2, 0.25) is 0 Å². The molecule has 1 N–H and O–H groups in total. The fourth-order valence-corrected chi connectivity index (χ4v) is 2.68. The monoisotopic (exact) mass is 265 g/mol. The molecule has 1 aliphatic carbocycles. The average molecular weight is 265 g/mol. The van der Waals surface area contributed by atoms with Gasteiger partial charge in [0.15, 0.2) is 5.82 Å². The summed E-state index contributed by atoms with van der Waals surface area (Å²) in [6.07, 6.45) is 7.73. The van der Waals surface area contributed by atoms with Crippen molar-refractivity contribution in [2.24, 2.45) is 5.92 Å². The van der Waals surface area contributed by atoms with Crippen LogP contribution in [0.4, 0.5) is 5.82 Å². The highest BCUT2D eigenvalue weighted by molar-refractivity contribution is 5.54. The number of ether oxygens (including phenoxy) is 2. The van der Waals surface area contributed by atoms with E-state index in [1.807, 2.05) is 7.05 Å². The Morgan fingerprint density at radius 3 is 2.89 bits per heavy atom. The van der Waals surface area contributed by atoms with Crippen LogP contribution in [0.5, 0.6) is 11.6 Å². The molecule has 1 fully saturated rings. The minimum atomic E-state index is 0.243. The van der Waals surface area contributed by atoms with Gasteiger partial charge in [-0.2, -0.15) is 4.98 Å². The minimum Gasteiger partial charge on any atom is -0.489 e. The zero-order valence-corrected chi connectivity index (χ0v) is 12.0. The van der Waals surface area contributed by atoms with E-state index < -0.39 is 0 Å². The van der Waals surface area contributed by atoms with Gasteiger partial charge in [-0.15, -0.1) is 0 Å². The summed E-state index contributed by atoms with van der Waals surface area (Å²) in [7, 11) is 3.42. The van der Waals surface area contributed by atoms with Crippen LogP contribution in [0, 0.1) is 5.92 Å². The van der Waals surface area contributed by atoms with Crippen molar-refractivity contribution in [3.63, 3.8) is 0 Å². The molecule has 0 spiro atoms. The zero-order valence-electron chi connectivity index (χ0n) is 12.0. The van der Waals surface area contributed by atoms with E-state index >= 15 is 0 Å². The maximum Gasteiger partial charge on any atom is 0.262 e. The van der Waals surface area contributed by atoms with Gasteiger partial charge in [-0.3, -0.25) is 0 Å². The lowest BCUT2D eigenvalue weighted by Gasteiger charge is -2.28. The van der Waals surface area contributed by atoms with Crippen LogP contribution < -0.4 is 14.8 Å². The summed E-state index contributed by atoms with van der Waals surface area (Å²) in [6.45, 7) is 2.25. The van der Waals surface area contributed by atoms with Crippen molar-refractivity contribution in [3.8, 4) is 11.6 Å². The number of hydrogen-bond acceptors (Lipinski definition) is 5. The standard InChI is InChI=1S/C14H23N3O2/c1-4-10-6-5-7-11(8-10)19-14-12(18-3)13(15-2)16-9-17-14/h9-11H,4-8H2,1-3H3,(H,15,16,17). The Morgan fingerprint density at radius 2 is 2.21 bits per heavy atom. The van der Waals surface area contributed by atoms with E-state index in [-0.39, 0.29) is 6.10 Å². The molecule has 1 aromatic rings. The molecular formula is C14H23N3O2. The second-order valence-electron chi connectivity index (χ2n) is 4.99. The Hall–Kier alpha value is -1.52. The number of rotatable bonds is 5. The molecule has 0 radical (unpaired) electrons. The number of anilines is 1. The quantitative estimate of drug-likeness (QED) is 0.887. The molecule has 106 valence electrons. The van der Waals surface area contributed by atoms with Crippen molar-refractivity contribution in [1.82, 2.24) is 9.97 Å². The topological polar surface area (TPSA) is 56.3 Å². The third-order valence-electron chi connectivity index (χ3n) is 3.80. The Balaban J connectivity index is 2.10. The molecule has 2 rings (SSSR count). The van der Waals surface area contributed by atoms with Gasteiger partial charge in [-0.05, 0) is 25.2 Å². The number of methoxy groups -OCH3 is 1. The number of nitrogens with zero attached hydrogens (tertiary/aromatic N) is 2. The predicted octanol–water partition coefficient (Wildman–Crippen LogP) is 2.87. The van der Waals surface area contributed by atoms with Crippen LogP contribution in [0.15, 0.2) is 6.33 Å². The highest BCUT2D eigenvalue weighted by Crippen LogP contribution is 2.35. The van der Waals surface area contributed by atoms with Gasteiger partial charge >= 0.3 is 0 Å². The van der Waals surface area contributed by atoms with Crippen molar-refractivity contribution in [1.29, 1.82) is 0 Å². The summed E-state index contributed by atoms with van der Waals surface area (Å²) < 4.78 is 11.4. The molecule has 1 aliphatic rings. The smallest absolute Gasteiger partial charge is 0.262 e. The molecule has 1 heterocycles. The van der Waals surface area contributed by atoms with Crippen molar-refractivity contribution in [3.05, 3.63) is 6.33 Å². The second-order valence-corrected chi connectivity index (χ2v) is 4.99. The molecule has 0 bridgehead atoms. The molecule has 0 aromatic carbocycles. The van der Waals surface area contributed by atoms with E-state index in [1.165, 1.54) is 25.6 Å². The largest absolute Gasteiger partial charge is 0.489 e. The Kier molecular flexibility index (Phi) is 4.82. The molecule has 0 saturated heterocycles. The SMILES string of the molecule is CCC1CCCC(Oc2ncnc(NC)c2OC)C1. The summed E-state index contributed by atoms with van der Waals surface area (Å²) in [4.78, 5) is 8.33. The van der Waals surface area contributed by atoms with Gasteiger partial charge in [-0.25, -0.2) is 4.98 Å². The summed E-state index contributed by atoms with van der Waals surface area (Å²) in [5.74, 6) is 2.57. The molecule has 19 heavy (non-hydrogen) atoms. The van der Waals surface area contributed by atoms with Crippen molar-refractivity contribution >= 4 is 5.82 Å². The highest BCUT2D eigenvalue weighted by atomic mass is 16.5. The summed E-state index contributed by atoms with van der Waals surface area (Å²) in [5, 5.41) is 2.99. The lowest BCUT2D eigenvalue weighted by molar-refractivity contribution is 0.113. The second kappa shape index (κ2) is 6.59. The molecular weight excluding hydrogens is 242 g/mol. The van der Waals surface area contributed by atoms with Crippen LogP contribution in [0.25, 0.3) is 0 Å². The predicted molar refractivity (Wildman–Crippen MR) is 74.8 cm³/mol. The third kappa shape index (κ3) is 3.28. The minimum absolute atomic E-state index is 0.243. The molecule has 0 amide bonds. The summed E-state index contributed by atoms with van der Waals surface area (Å²) in [6, 6.07) is 0. The molecule has 5 nitrogen and oxygen atoms in total. The van der Waals surface area contributed by atoms with Gasteiger partial charge < -0.3 is 14.8 Å². The zero-order chi connectivity index (χ0) is 13.7. The first-order valence-corrected chi connectivity index (χ1v) is 7.01. The lowest BCUT2D eigenvalue weighted by atomic mass is 9.85. The molecule has 2 unspecified atom stereocenters. The van der Waals surface area contributed by atoms with Gasteiger partial charge in [0.1, 0.15) is 12.4 Å². The Bertz CT molecular complexity index is 412. The number of aromatic nitrogens is 2. The lowest BCUT2D eigenvalue weighted by Crippen LogP contribution is -2.25. The summed E-state index contributed by atoms with van der Waals surface area (Å²) >= 11 is 0. The Morgan fingerprint density at radius 1 is 1.37 bits per heavy atom. The van der Waals surface area contributed by atoms with Crippen molar-refractivity contribution < 1.29 is 9.47 Å². The molecule has 2 atom stereocenters. The van der Waals surface area contributed by atoms with Gasteiger partial charge in [0.25, 0.3) is 5.88 Å². The number of nitrogens with one attached hydrogen (secondary N) is 1. The van der Waals surface area contributed by atoms with Crippen LogP contribution in [-0.2, 0) is 0 Å². The fourth-order valence-electron chi connectivity index (χ4n) is 2.68. The van der Waals surface area contributed by atoms with E-state index in [9.17, 15) is 0 Å². The first-order valence-electron chi connectivity index (χ1n) is 7.01. The van der Waals surface area contributed by atoms with Crippen molar-refractivity contribution in [2.75, 3.05) is 19.5 Å². The highest BCUT2D eigenvalue weighted by Gasteiger charge is 2.24. The summed E-state index contributed by atoms with van der Waals surface area (Å²) in [5.41, 5.74) is 0. The number of hydrogen-bond donors (Lipinski definition) is 1. The van der Waals surface area contributed by atoms with Gasteiger partial charge in [-0.1, -0.05) is 19.8 Å². The van der Waals surface area contributed by atoms with Crippen molar-refractivity contribution in [2.45, 2.75) is 45.1 Å². The van der Waals surface area contributed by atoms with Crippen LogP contribution in [-0.4, -0.2) is 30.2 Å². The normalized spacial score (nSPS) is 22.9. The van der Waals surface area contributed by atoms with Gasteiger partial charge in [0.05, 0.1) is 7.11 Å². The first-order chi connectivity index (χ1) is 9.28. The molecule has 1 saturated carbocycles. The van der Waals surface area contributed by atoms with E-state index in [0.717, 1.165) is 18.8 Å². The van der Waals surface area contributed by atoms with E-state index in [0.29, 0.717) is 17.4 Å². The molecule has 1 aromatic heterocycles. The fraction of sp³-hybridized carbons (Fsp3) is 0.714. The molecule has 0 aliphatic heterocycles. The average Bonchev–Trinajstić information content (AvgIpc) is 2.47. The first kappa shape index (κ1) is 13.9. The Labute approximate surface area is 114 Å². The van der Waals surface area contributed by atoms with Crippen LogP contribution in [0.3, 0.4) is 0 Å². The third-order valence-corrected chi connectivity index (χ3v) is 3.80. The van der Waals surface area contributed by atoms with E-state index in [1.54, 1.807) is 7.11 Å². The van der Waals surface area contributed by atoms with Crippen LogP contribution in [0.1, 0.15) is 39.0 Å². The van der Waals surface area contributed by atoms with Gasteiger partial charge in [0.2, 0.25) is 5.75 Å². The maximum absolute atomic E-state index is 6.04. The maximum atomic E-state index is 6.04. The van der Waals surface area contributed by atoms with Crippen LogP contribution >= 0.6 is 0 Å². The molecule has 5 heteroatoms.